The number of hydrogen-bond donors (Lipinski definition) is 3. The molecule has 1 aliphatic heterocycles. The van der Waals surface area contributed by atoms with Gasteiger partial charge < -0.3 is 14.6 Å². The molecule has 2 aliphatic rings. The number of rotatable bonds is 4. The lowest BCUT2D eigenvalue weighted by Crippen LogP contribution is -2.46. The smallest absolute Gasteiger partial charge is 0.324 e. The number of aromatic nitrogens is 1. The van der Waals surface area contributed by atoms with Gasteiger partial charge in [0.15, 0.2) is 5.58 Å². The van der Waals surface area contributed by atoms with Gasteiger partial charge in [-0.25, -0.2) is 5.43 Å². The first kappa shape index (κ1) is 17.0. The van der Waals surface area contributed by atoms with Crippen molar-refractivity contribution in [1.29, 1.82) is 0 Å². The first-order valence-corrected chi connectivity index (χ1v) is 8.87. The second-order valence-electron chi connectivity index (χ2n) is 6.94. The molecule has 1 aliphatic carbocycles. The molecule has 1 aromatic heterocycles. The van der Waals surface area contributed by atoms with E-state index in [0.29, 0.717) is 11.3 Å². The first-order valence-electron chi connectivity index (χ1n) is 8.87. The zero-order valence-electron chi connectivity index (χ0n) is 14.5. The number of nitrogens with zero attached hydrogens (tertiary/aromatic N) is 1. The Balaban J connectivity index is 1.38. The minimum atomic E-state index is -0.371. The van der Waals surface area contributed by atoms with Gasteiger partial charge in [-0.05, 0) is 31.4 Å². The quantitative estimate of drug-likeness (QED) is 0.690. The predicted molar refractivity (Wildman–Crippen MR) is 92.8 cm³/mol. The van der Waals surface area contributed by atoms with Crippen LogP contribution in [-0.4, -0.2) is 42.3 Å². The highest BCUT2D eigenvalue weighted by molar-refractivity contribution is 5.86. The van der Waals surface area contributed by atoms with Crippen LogP contribution in [0.25, 0.3) is 11.0 Å². The van der Waals surface area contributed by atoms with E-state index >= 15 is 0 Å². The Morgan fingerprint density at radius 3 is 3.00 bits per heavy atom. The minimum Gasteiger partial charge on any atom is -0.468 e. The van der Waals surface area contributed by atoms with E-state index in [2.05, 4.69) is 21.3 Å². The molecule has 4 unspecified atom stereocenters. The zero-order chi connectivity index (χ0) is 18.1. The largest absolute Gasteiger partial charge is 0.468 e. The van der Waals surface area contributed by atoms with Crippen LogP contribution < -0.4 is 16.2 Å². The summed E-state index contributed by atoms with van der Waals surface area (Å²) in [5.41, 5.74) is 7.51. The van der Waals surface area contributed by atoms with Crippen LogP contribution in [0.4, 0.5) is 0 Å². The molecule has 1 aromatic carbocycles. The molecule has 1 saturated heterocycles. The van der Waals surface area contributed by atoms with Crippen LogP contribution in [0.1, 0.15) is 25.0 Å². The van der Waals surface area contributed by atoms with Crippen molar-refractivity contribution in [1.82, 2.24) is 21.3 Å². The average molecular weight is 358 g/mol. The number of ether oxygens (including phenoxy) is 1. The molecule has 26 heavy (non-hydrogen) atoms. The van der Waals surface area contributed by atoms with Crippen LogP contribution >= 0.6 is 0 Å². The number of nitrogens with one attached hydrogen (secondary N) is 3. The van der Waals surface area contributed by atoms with Crippen LogP contribution in [0.5, 0.6) is 0 Å². The average Bonchev–Trinajstić information content (AvgIpc) is 3.25. The Morgan fingerprint density at radius 1 is 1.31 bits per heavy atom. The Labute approximate surface area is 150 Å². The predicted octanol–water partition coefficient (Wildman–Crippen LogP) is 0.673. The molecule has 4 rings (SSSR count). The van der Waals surface area contributed by atoms with Crippen LogP contribution in [0.3, 0.4) is 0 Å². The zero-order valence-corrected chi connectivity index (χ0v) is 14.5. The van der Waals surface area contributed by atoms with Gasteiger partial charge in [0, 0.05) is 23.4 Å². The second-order valence-corrected chi connectivity index (χ2v) is 6.94. The molecule has 0 radical (unpaired) electrons. The fraction of sp³-hybridized carbons (Fsp3) is 0.500. The molecule has 2 fully saturated rings. The van der Waals surface area contributed by atoms with Crippen molar-refractivity contribution in [3.05, 3.63) is 30.0 Å². The third kappa shape index (κ3) is 3.17. The van der Waals surface area contributed by atoms with E-state index in [1.54, 1.807) is 0 Å². The highest BCUT2D eigenvalue weighted by atomic mass is 16.5. The Hall–Kier alpha value is -2.45. The van der Waals surface area contributed by atoms with E-state index in [1.165, 1.54) is 7.11 Å². The Morgan fingerprint density at radius 2 is 2.15 bits per heavy atom. The van der Waals surface area contributed by atoms with Gasteiger partial charge >= 0.3 is 5.97 Å². The number of para-hydroxylation sites is 1. The van der Waals surface area contributed by atoms with Crippen molar-refractivity contribution in [3.63, 3.8) is 0 Å². The van der Waals surface area contributed by atoms with E-state index in [-0.39, 0.29) is 42.3 Å². The maximum atomic E-state index is 12.5. The third-order valence-electron chi connectivity index (χ3n) is 5.35. The van der Waals surface area contributed by atoms with Gasteiger partial charge in [-0.3, -0.25) is 15.0 Å². The number of hydrazine groups is 1. The van der Waals surface area contributed by atoms with Gasteiger partial charge in [0.25, 0.3) is 0 Å². The van der Waals surface area contributed by atoms with E-state index in [4.69, 9.17) is 9.26 Å². The maximum absolute atomic E-state index is 12.5. The standard InChI is InChI=1S/C18H22N4O4/c1-25-18(24)17-12-8-10(6-7-13(12)20-21-17)19-16(23)9-14-11-4-2-3-5-15(11)26-22-14/h2-5,10,12-13,17,20-21H,6-9H2,1H3,(H,19,23). The van der Waals surface area contributed by atoms with Crippen LogP contribution in [0, 0.1) is 5.92 Å². The van der Waals surface area contributed by atoms with E-state index < -0.39 is 0 Å². The van der Waals surface area contributed by atoms with E-state index in [9.17, 15) is 9.59 Å². The minimum absolute atomic E-state index is 0.0378. The molecule has 8 heteroatoms. The molecule has 138 valence electrons. The van der Waals surface area contributed by atoms with Crippen molar-refractivity contribution < 1.29 is 18.8 Å². The molecule has 0 spiro atoms. The summed E-state index contributed by atoms with van der Waals surface area (Å²) < 4.78 is 10.1. The highest BCUT2D eigenvalue weighted by Gasteiger charge is 2.44. The van der Waals surface area contributed by atoms with Crippen molar-refractivity contribution in [2.75, 3.05) is 7.11 Å². The Bertz CT molecular complexity index is 820. The highest BCUT2D eigenvalue weighted by Crippen LogP contribution is 2.31. The summed E-state index contributed by atoms with van der Waals surface area (Å²) >= 11 is 0. The second kappa shape index (κ2) is 7.05. The number of esters is 1. The molecule has 2 aromatic rings. The van der Waals surface area contributed by atoms with Crippen LogP contribution in [0.2, 0.25) is 0 Å². The van der Waals surface area contributed by atoms with Crippen molar-refractivity contribution in [2.45, 2.75) is 43.8 Å². The Kier molecular flexibility index (Phi) is 4.60. The van der Waals surface area contributed by atoms with Crippen molar-refractivity contribution in [2.24, 2.45) is 5.92 Å². The van der Waals surface area contributed by atoms with Crippen molar-refractivity contribution >= 4 is 22.8 Å². The summed E-state index contributed by atoms with van der Waals surface area (Å²) in [6.07, 6.45) is 2.67. The molecule has 1 saturated carbocycles. The first-order chi connectivity index (χ1) is 12.7. The molecule has 8 nitrogen and oxygen atoms in total. The number of carbonyl (C=O) groups is 2. The SMILES string of the molecule is COC(=O)C1NNC2CCC(NC(=O)Cc3noc4ccccc34)CC21. The molecule has 4 atom stereocenters. The summed E-state index contributed by atoms with van der Waals surface area (Å²) in [4.78, 5) is 24.4. The van der Waals surface area contributed by atoms with Gasteiger partial charge in [-0.15, -0.1) is 0 Å². The summed E-state index contributed by atoms with van der Waals surface area (Å²) in [5, 5.41) is 7.96. The number of fused-ring (bicyclic) bond motifs is 2. The van der Waals surface area contributed by atoms with Crippen LogP contribution in [-0.2, 0) is 20.7 Å². The van der Waals surface area contributed by atoms with Gasteiger partial charge in [-0.1, -0.05) is 17.3 Å². The van der Waals surface area contributed by atoms with Gasteiger partial charge in [0.05, 0.1) is 13.5 Å². The molecular formula is C18H22N4O4. The number of hydrogen-bond acceptors (Lipinski definition) is 7. The lowest BCUT2D eigenvalue weighted by atomic mass is 9.79. The topological polar surface area (TPSA) is 105 Å². The number of amides is 1. The van der Waals surface area contributed by atoms with Gasteiger partial charge in [0.1, 0.15) is 11.7 Å². The number of carbonyl (C=O) groups excluding carboxylic acids is 2. The number of methoxy groups -OCH3 is 1. The lowest BCUT2D eigenvalue weighted by Gasteiger charge is -2.32. The van der Waals surface area contributed by atoms with E-state index in [0.717, 1.165) is 24.6 Å². The van der Waals surface area contributed by atoms with Crippen molar-refractivity contribution in [3.8, 4) is 0 Å². The molecule has 2 heterocycles. The summed E-state index contributed by atoms with van der Waals surface area (Å²) in [6, 6.07) is 7.40. The maximum Gasteiger partial charge on any atom is 0.324 e. The summed E-state index contributed by atoms with van der Waals surface area (Å²) in [5.74, 6) is -0.249. The van der Waals surface area contributed by atoms with Gasteiger partial charge in [-0.2, -0.15) is 0 Å². The molecule has 1 amide bonds. The van der Waals surface area contributed by atoms with E-state index in [1.807, 2.05) is 24.3 Å². The fourth-order valence-electron chi connectivity index (χ4n) is 4.05. The fourth-order valence-corrected chi connectivity index (χ4v) is 4.05. The monoisotopic (exact) mass is 358 g/mol. The summed E-state index contributed by atoms with van der Waals surface area (Å²) in [6.45, 7) is 0. The van der Waals surface area contributed by atoms with Gasteiger partial charge in [0.2, 0.25) is 5.91 Å². The lowest BCUT2D eigenvalue weighted by molar-refractivity contribution is -0.144. The molecule has 3 N–H and O–H groups in total. The molecular weight excluding hydrogens is 336 g/mol. The summed E-state index contributed by atoms with van der Waals surface area (Å²) in [7, 11) is 1.39. The molecule has 0 bridgehead atoms. The number of benzene rings is 1. The normalized spacial score (nSPS) is 27.9. The third-order valence-corrected chi connectivity index (χ3v) is 5.35. The van der Waals surface area contributed by atoms with Crippen LogP contribution in [0.15, 0.2) is 28.8 Å².